The van der Waals surface area contributed by atoms with Crippen LogP contribution in [0, 0.1) is 0 Å². The molecular formula is C14H18O3. The normalized spacial score (nSPS) is 10.7. The summed E-state index contributed by atoms with van der Waals surface area (Å²) < 4.78 is 5.19. The third-order valence-corrected chi connectivity index (χ3v) is 2.50. The molecule has 3 heteroatoms. The van der Waals surface area contributed by atoms with Gasteiger partial charge in [0.25, 0.3) is 0 Å². The summed E-state index contributed by atoms with van der Waals surface area (Å²) in [5.74, 6) is -0.224. The Hall–Kier alpha value is -1.77. The molecule has 1 aromatic rings. The Kier molecular flexibility index (Phi) is 5.27. The molecule has 0 aliphatic heterocycles. The van der Waals surface area contributed by atoms with E-state index in [1.165, 1.54) is 0 Å². The summed E-state index contributed by atoms with van der Waals surface area (Å²) in [4.78, 5) is 10.9. The van der Waals surface area contributed by atoms with E-state index in [0.717, 1.165) is 24.8 Å². The number of carbonyl (C=O) groups is 1. The van der Waals surface area contributed by atoms with E-state index in [9.17, 15) is 4.79 Å². The molecule has 0 radical (unpaired) electrons. The molecule has 0 aliphatic carbocycles. The zero-order valence-corrected chi connectivity index (χ0v) is 10.3. The highest BCUT2D eigenvalue weighted by Crippen LogP contribution is 2.21. The molecule has 0 bridgehead atoms. The second-order valence-electron chi connectivity index (χ2n) is 3.81. The first kappa shape index (κ1) is 13.3. The molecule has 0 atom stereocenters. The van der Waals surface area contributed by atoms with Crippen LogP contribution >= 0.6 is 0 Å². The number of hydrogen-bond acceptors (Lipinski definition) is 2. The quantitative estimate of drug-likeness (QED) is 0.765. The number of aromatic carboxylic acids is 1. The van der Waals surface area contributed by atoms with Gasteiger partial charge in [-0.1, -0.05) is 31.9 Å². The summed E-state index contributed by atoms with van der Waals surface area (Å²) in [6, 6.07) is 4.86. The van der Waals surface area contributed by atoms with Crippen LogP contribution < -0.4 is 4.74 Å². The van der Waals surface area contributed by atoms with Crippen molar-refractivity contribution in [3.05, 3.63) is 35.4 Å². The maximum absolute atomic E-state index is 10.9. The molecule has 0 fully saturated rings. The smallest absolute Gasteiger partial charge is 0.335 e. The fourth-order valence-corrected chi connectivity index (χ4v) is 1.53. The monoisotopic (exact) mass is 234 g/mol. The lowest BCUT2D eigenvalue weighted by molar-refractivity contribution is 0.0697. The number of methoxy groups -OCH3 is 1. The topological polar surface area (TPSA) is 46.5 Å². The summed E-state index contributed by atoms with van der Waals surface area (Å²) in [7, 11) is 1.58. The Balaban J connectivity index is 2.90. The SMILES string of the molecule is CCCCC=Cc1cc(C(=O)O)ccc1OC. The van der Waals surface area contributed by atoms with E-state index in [-0.39, 0.29) is 5.56 Å². The van der Waals surface area contributed by atoms with Crippen LogP contribution in [-0.4, -0.2) is 18.2 Å². The largest absolute Gasteiger partial charge is 0.496 e. The van der Waals surface area contributed by atoms with Crippen LogP contribution in [0.4, 0.5) is 0 Å². The van der Waals surface area contributed by atoms with Crippen LogP contribution in [0.3, 0.4) is 0 Å². The van der Waals surface area contributed by atoms with E-state index < -0.39 is 5.97 Å². The molecule has 92 valence electrons. The first-order valence-corrected chi connectivity index (χ1v) is 5.77. The maximum Gasteiger partial charge on any atom is 0.335 e. The third kappa shape index (κ3) is 3.94. The van der Waals surface area contributed by atoms with Gasteiger partial charge in [0.05, 0.1) is 12.7 Å². The summed E-state index contributed by atoms with van der Waals surface area (Å²) in [5, 5.41) is 8.92. The van der Waals surface area contributed by atoms with E-state index in [1.54, 1.807) is 25.3 Å². The first-order chi connectivity index (χ1) is 8.19. The van der Waals surface area contributed by atoms with Gasteiger partial charge < -0.3 is 9.84 Å². The predicted molar refractivity (Wildman–Crippen MR) is 68.5 cm³/mol. The van der Waals surface area contributed by atoms with E-state index in [4.69, 9.17) is 9.84 Å². The van der Waals surface area contributed by atoms with Gasteiger partial charge >= 0.3 is 5.97 Å². The van der Waals surface area contributed by atoms with Crippen LogP contribution in [0.5, 0.6) is 5.75 Å². The van der Waals surface area contributed by atoms with Gasteiger partial charge in [-0.05, 0) is 24.6 Å². The van der Waals surface area contributed by atoms with Crippen LogP contribution in [0.2, 0.25) is 0 Å². The zero-order valence-electron chi connectivity index (χ0n) is 10.3. The fourth-order valence-electron chi connectivity index (χ4n) is 1.53. The van der Waals surface area contributed by atoms with Crippen molar-refractivity contribution in [3.63, 3.8) is 0 Å². The second kappa shape index (κ2) is 6.74. The predicted octanol–water partition coefficient (Wildman–Crippen LogP) is 3.60. The molecule has 0 unspecified atom stereocenters. The Morgan fingerprint density at radius 3 is 2.82 bits per heavy atom. The van der Waals surface area contributed by atoms with Crippen molar-refractivity contribution < 1.29 is 14.6 Å². The van der Waals surface area contributed by atoms with Crippen molar-refractivity contribution >= 4 is 12.0 Å². The molecule has 17 heavy (non-hydrogen) atoms. The Morgan fingerprint density at radius 2 is 2.24 bits per heavy atom. The van der Waals surface area contributed by atoms with Crippen molar-refractivity contribution in [2.75, 3.05) is 7.11 Å². The summed E-state index contributed by atoms with van der Waals surface area (Å²) in [6.45, 7) is 2.14. The van der Waals surface area contributed by atoms with Crippen molar-refractivity contribution in [3.8, 4) is 5.75 Å². The number of hydrogen-bond donors (Lipinski definition) is 1. The summed E-state index contributed by atoms with van der Waals surface area (Å²) in [6.07, 6.45) is 7.25. The minimum Gasteiger partial charge on any atom is -0.496 e. The summed E-state index contributed by atoms with van der Waals surface area (Å²) in [5.41, 5.74) is 1.09. The molecular weight excluding hydrogens is 216 g/mol. The zero-order chi connectivity index (χ0) is 12.7. The molecule has 0 saturated carbocycles. The van der Waals surface area contributed by atoms with Gasteiger partial charge in [-0.3, -0.25) is 0 Å². The van der Waals surface area contributed by atoms with E-state index in [1.807, 2.05) is 12.2 Å². The lowest BCUT2D eigenvalue weighted by Gasteiger charge is -2.05. The number of allylic oxidation sites excluding steroid dienone is 1. The van der Waals surface area contributed by atoms with Crippen molar-refractivity contribution in [2.24, 2.45) is 0 Å². The number of ether oxygens (including phenoxy) is 1. The van der Waals surface area contributed by atoms with Crippen LogP contribution in [0.25, 0.3) is 6.08 Å². The molecule has 1 N–H and O–H groups in total. The highest BCUT2D eigenvalue weighted by molar-refractivity contribution is 5.88. The Bertz CT molecular complexity index is 408. The number of carboxylic acids is 1. The fraction of sp³-hybridized carbons (Fsp3) is 0.357. The second-order valence-corrected chi connectivity index (χ2v) is 3.81. The van der Waals surface area contributed by atoms with Crippen molar-refractivity contribution in [1.29, 1.82) is 0 Å². The van der Waals surface area contributed by atoms with Gasteiger partial charge in [0, 0.05) is 5.56 Å². The Morgan fingerprint density at radius 1 is 1.47 bits per heavy atom. The highest BCUT2D eigenvalue weighted by atomic mass is 16.5. The van der Waals surface area contributed by atoms with Gasteiger partial charge in [0.1, 0.15) is 5.75 Å². The number of unbranched alkanes of at least 4 members (excludes halogenated alkanes) is 2. The number of rotatable bonds is 6. The first-order valence-electron chi connectivity index (χ1n) is 5.77. The lowest BCUT2D eigenvalue weighted by Crippen LogP contribution is -1.97. The summed E-state index contributed by atoms with van der Waals surface area (Å²) >= 11 is 0. The average molecular weight is 234 g/mol. The minimum atomic E-state index is -0.920. The minimum absolute atomic E-state index is 0.279. The van der Waals surface area contributed by atoms with Crippen LogP contribution in [0.15, 0.2) is 24.3 Å². The van der Waals surface area contributed by atoms with E-state index in [2.05, 4.69) is 6.92 Å². The molecule has 0 spiro atoms. The lowest BCUT2D eigenvalue weighted by atomic mass is 10.1. The molecule has 0 saturated heterocycles. The van der Waals surface area contributed by atoms with Crippen molar-refractivity contribution in [2.45, 2.75) is 26.2 Å². The van der Waals surface area contributed by atoms with E-state index >= 15 is 0 Å². The van der Waals surface area contributed by atoms with Crippen LogP contribution in [0.1, 0.15) is 42.1 Å². The number of carboxylic acid groups (broad SMARTS) is 1. The molecule has 3 nitrogen and oxygen atoms in total. The van der Waals surface area contributed by atoms with Gasteiger partial charge in [0.2, 0.25) is 0 Å². The maximum atomic E-state index is 10.9. The van der Waals surface area contributed by atoms with E-state index in [0.29, 0.717) is 5.75 Å². The molecule has 0 aromatic heterocycles. The molecule has 1 aromatic carbocycles. The highest BCUT2D eigenvalue weighted by Gasteiger charge is 2.06. The molecule has 0 aliphatic rings. The van der Waals surface area contributed by atoms with Gasteiger partial charge in [-0.2, -0.15) is 0 Å². The van der Waals surface area contributed by atoms with Crippen LogP contribution in [-0.2, 0) is 0 Å². The molecule has 0 amide bonds. The molecule has 0 heterocycles. The van der Waals surface area contributed by atoms with Gasteiger partial charge in [-0.25, -0.2) is 4.79 Å². The van der Waals surface area contributed by atoms with Crippen molar-refractivity contribution in [1.82, 2.24) is 0 Å². The third-order valence-electron chi connectivity index (χ3n) is 2.50. The molecule has 1 rings (SSSR count). The Labute approximate surface area is 102 Å². The van der Waals surface area contributed by atoms with Gasteiger partial charge in [-0.15, -0.1) is 0 Å². The van der Waals surface area contributed by atoms with Gasteiger partial charge in [0.15, 0.2) is 0 Å². The standard InChI is InChI=1S/C14H18O3/c1-3-4-5-6-7-11-10-12(14(15)16)8-9-13(11)17-2/h6-10H,3-5H2,1-2H3,(H,15,16). The average Bonchev–Trinajstić information content (AvgIpc) is 2.34. The number of benzene rings is 1.